The molecule has 1 unspecified atom stereocenters. The normalized spacial score (nSPS) is 18.1. The Kier molecular flexibility index (Phi) is 6.71. The molecule has 2 amide bonds. The third kappa shape index (κ3) is 5.75. The number of likely N-dealkylation sites (tertiary alicyclic amines) is 1. The van der Waals surface area contributed by atoms with Crippen molar-refractivity contribution in [3.63, 3.8) is 0 Å². The first-order valence-electron chi connectivity index (χ1n) is 8.47. The van der Waals surface area contributed by atoms with E-state index in [1.165, 1.54) is 5.56 Å². The minimum Gasteiger partial charge on any atom is -0.491 e. The Morgan fingerprint density at radius 2 is 2.13 bits per heavy atom. The number of hydrogen-bond acceptors (Lipinski definition) is 3. The highest BCUT2D eigenvalue weighted by Gasteiger charge is 2.22. The highest BCUT2D eigenvalue weighted by Crippen LogP contribution is 2.16. The van der Waals surface area contributed by atoms with Crippen LogP contribution in [0.25, 0.3) is 0 Å². The van der Waals surface area contributed by atoms with Crippen LogP contribution in [0.5, 0.6) is 5.75 Å². The molecule has 1 aromatic carbocycles. The highest BCUT2D eigenvalue weighted by molar-refractivity contribution is 5.74. The Labute approximate surface area is 138 Å². The summed E-state index contributed by atoms with van der Waals surface area (Å²) in [6.07, 6.45) is 2.94. The number of nitrogens with zero attached hydrogens (tertiary/aromatic N) is 1. The molecule has 1 aromatic rings. The van der Waals surface area contributed by atoms with Crippen LogP contribution < -0.4 is 10.1 Å². The zero-order valence-corrected chi connectivity index (χ0v) is 14.1. The lowest BCUT2D eigenvalue weighted by Crippen LogP contribution is -2.46. The fourth-order valence-corrected chi connectivity index (χ4v) is 2.83. The number of nitrogens with one attached hydrogen (secondary N) is 1. The largest absolute Gasteiger partial charge is 0.491 e. The Balaban J connectivity index is 1.72. The summed E-state index contributed by atoms with van der Waals surface area (Å²) in [6, 6.07) is 7.98. The average molecular weight is 320 g/mol. The Bertz CT molecular complexity index is 488. The number of hydrogen-bond donors (Lipinski definition) is 2. The molecule has 2 N–H and O–H groups in total. The van der Waals surface area contributed by atoms with Crippen molar-refractivity contribution in [1.29, 1.82) is 0 Å². The van der Waals surface area contributed by atoms with Gasteiger partial charge in [-0.05, 0) is 56.7 Å². The summed E-state index contributed by atoms with van der Waals surface area (Å²) in [5.74, 6) is 1.10. The molecule has 1 saturated heterocycles. The second kappa shape index (κ2) is 8.77. The molecular weight excluding hydrogens is 292 g/mol. The minimum atomic E-state index is -0.0251. The van der Waals surface area contributed by atoms with E-state index in [4.69, 9.17) is 4.74 Å². The Hall–Kier alpha value is -1.75. The van der Waals surface area contributed by atoms with E-state index in [9.17, 15) is 9.90 Å². The van der Waals surface area contributed by atoms with E-state index in [0.717, 1.165) is 31.6 Å². The third-order valence-electron chi connectivity index (χ3n) is 4.05. The second-order valence-electron chi connectivity index (χ2n) is 6.43. The fourth-order valence-electron chi connectivity index (χ4n) is 2.83. The molecule has 0 aromatic heterocycles. The molecule has 0 aliphatic carbocycles. The predicted octanol–water partition coefficient (Wildman–Crippen LogP) is 2.43. The van der Waals surface area contributed by atoms with Gasteiger partial charge in [0.25, 0.3) is 0 Å². The first-order valence-corrected chi connectivity index (χ1v) is 8.47. The van der Waals surface area contributed by atoms with Crippen molar-refractivity contribution in [1.82, 2.24) is 10.2 Å². The number of urea groups is 1. The molecule has 0 bridgehead atoms. The molecule has 1 heterocycles. The molecule has 1 fully saturated rings. The molecule has 1 aliphatic rings. The van der Waals surface area contributed by atoms with Crippen LogP contribution in [0.2, 0.25) is 0 Å². The quantitative estimate of drug-likeness (QED) is 0.846. The van der Waals surface area contributed by atoms with Gasteiger partial charge in [0.15, 0.2) is 0 Å². The van der Waals surface area contributed by atoms with Gasteiger partial charge in [-0.2, -0.15) is 0 Å². The van der Waals surface area contributed by atoms with Crippen LogP contribution in [-0.4, -0.2) is 48.4 Å². The lowest BCUT2D eigenvalue weighted by Gasteiger charge is -2.31. The number of aliphatic hydroxyl groups excluding tert-OH is 1. The van der Waals surface area contributed by atoms with Crippen molar-refractivity contribution in [2.45, 2.75) is 39.2 Å². The van der Waals surface area contributed by atoms with E-state index in [-0.39, 0.29) is 24.7 Å². The second-order valence-corrected chi connectivity index (χ2v) is 6.43. The highest BCUT2D eigenvalue weighted by atomic mass is 16.5. The van der Waals surface area contributed by atoms with Gasteiger partial charge in [0, 0.05) is 26.2 Å². The number of ether oxygens (including phenoxy) is 1. The van der Waals surface area contributed by atoms with Crippen molar-refractivity contribution in [3.05, 3.63) is 29.8 Å². The van der Waals surface area contributed by atoms with Crippen molar-refractivity contribution in [2.24, 2.45) is 5.92 Å². The number of rotatable bonds is 6. The number of aliphatic hydroxyl groups is 1. The van der Waals surface area contributed by atoms with Crippen LogP contribution in [0.4, 0.5) is 4.79 Å². The summed E-state index contributed by atoms with van der Waals surface area (Å²) >= 11 is 0. The number of carbonyl (C=O) groups is 1. The fraction of sp³-hybridized carbons (Fsp3) is 0.611. The molecule has 1 aliphatic heterocycles. The molecule has 1 atom stereocenters. The lowest BCUT2D eigenvalue weighted by molar-refractivity contribution is 0.129. The molecule has 0 radical (unpaired) electrons. The van der Waals surface area contributed by atoms with Crippen LogP contribution >= 0.6 is 0 Å². The van der Waals surface area contributed by atoms with Crippen molar-refractivity contribution >= 4 is 6.03 Å². The molecule has 128 valence electrons. The van der Waals surface area contributed by atoms with Gasteiger partial charge in [-0.25, -0.2) is 4.79 Å². The lowest BCUT2D eigenvalue weighted by atomic mass is 9.99. The maximum Gasteiger partial charge on any atom is 0.317 e. The van der Waals surface area contributed by atoms with Gasteiger partial charge in [-0.15, -0.1) is 0 Å². The van der Waals surface area contributed by atoms with Crippen LogP contribution in [0.3, 0.4) is 0 Å². The first kappa shape index (κ1) is 17.6. The minimum absolute atomic E-state index is 0.0251. The molecule has 0 spiro atoms. The number of amides is 2. The summed E-state index contributed by atoms with van der Waals surface area (Å²) in [5, 5.41) is 12.2. The average Bonchev–Trinajstić information content (AvgIpc) is 2.56. The molecular formula is C18H28N2O3. The summed E-state index contributed by atoms with van der Waals surface area (Å²) in [5.41, 5.74) is 1.17. The molecule has 0 saturated carbocycles. The van der Waals surface area contributed by atoms with Crippen LogP contribution in [0.1, 0.15) is 32.3 Å². The van der Waals surface area contributed by atoms with Gasteiger partial charge in [0.1, 0.15) is 5.75 Å². The Morgan fingerprint density at radius 3 is 2.78 bits per heavy atom. The van der Waals surface area contributed by atoms with E-state index >= 15 is 0 Å². The zero-order valence-electron chi connectivity index (χ0n) is 14.1. The van der Waals surface area contributed by atoms with Crippen LogP contribution in [0.15, 0.2) is 24.3 Å². The van der Waals surface area contributed by atoms with E-state index in [0.29, 0.717) is 13.1 Å². The summed E-state index contributed by atoms with van der Waals surface area (Å²) < 4.78 is 5.62. The number of piperidine rings is 1. The molecule has 23 heavy (non-hydrogen) atoms. The van der Waals surface area contributed by atoms with Crippen molar-refractivity contribution in [3.8, 4) is 5.75 Å². The maximum absolute atomic E-state index is 12.1. The van der Waals surface area contributed by atoms with Crippen LogP contribution in [0, 0.1) is 5.92 Å². The van der Waals surface area contributed by atoms with Crippen molar-refractivity contribution in [2.75, 3.05) is 26.2 Å². The zero-order chi connectivity index (χ0) is 16.7. The monoisotopic (exact) mass is 320 g/mol. The standard InChI is InChI=1S/C18H28N2O3/c1-14(2)23-17-7-5-15(6-8-17)9-10-19-18(22)20-11-3-4-16(12-20)13-21/h5-8,14,16,21H,3-4,9-13H2,1-2H3,(H,19,22). The van der Waals surface area contributed by atoms with Crippen LogP contribution in [-0.2, 0) is 6.42 Å². The van der Waals surface area contributed by atoms with E-state index in [2.05, 4.69) is 5.32 Å². The summed E-state index contributed by atoms with van der Waals surface area (Å²) in [4.78, 5) is 13.9. The maximum atomic E-state index is 12.1. The third-order valence-corrected chi connectivity index (χ3v) is 4.05. The van der Waals surface area contributed by atoms with Gasteiger partial charge in [0.05, 0.1) is 6.10 Å². The topological polar surface area (TPSA) is 61.8 Å². The molecule has 5 nitrogen and oxygen atoms in total. The van der Waals surface area contributed by atoms with E-state index in [1.807, 2.05) is 43.0 Å². The van der Waals surface area contributed by atoms with Gasteiger partial charge < -0.3 is 20.1 Å². The summed E-state index contributed by atoms with van der Waals surface area (Å²) in [7, 11) is 0. The van der Waals surface area contributed by atoms with E-state index < -0.39 is 0 Å². The number of benzene rings is 1. The van der Waals surface area contributed by atoms with E-state index in [1.54, 1.807) is 0 Å². The predicted molar refractivity (Wildman–Crippen MR) is 90.7 cm³/mol. The van der Waals surface area contributed by atoms with Gasteiger partial charge in [-0.3, -0.25) is 0 Å². The first-order chi connectivity index (χ1) is 11.1. The van der Waals surface area contributed by atoms with Crippen molar-refractivity contribution < 1.29 is 14.6 Å². The SMILES string of the molecule is CC(C)Oc1ccc(CCNC(=O)N2CCCC(CO)C2)cc1. The van der Waals surface area contributed by atoms with Gasteiger partial charge >= 0.3 is 6.03 Å². The molecule has 2 rings (SSSR count). The summed E-state index contributed by atoms with van der Waals surface area (Å²) in [6.45, 7) is 6.22. The smallest absolute Gasteiger partial charge is 0.317 e. The van der Waals surface area contributed by atoms with Gasteiger partial charge in [0.2, 0.25) is 0 Å². The van der Waals surface area contributed by atoms with Gasteiger partial charge in [-0.1, -0.05) is 12.1 Å². The Morgan fingerprint density at radius 1 is 1.39 bits per heavy atom. The molecule has 5 heteroatoms. The number of carbonyl (C=O) groups excluding carboxylic acids is 1.